The Morgan fingerprint density at radius 2 is 1.83 bits per heavy atom. The first-order valence-electron chi connectivity index (χ1n) is 8.29. The molecule has 1 heterocycles. The third-order valence-corrected chi connectivity index (χ3v) is 5.81. The van der Waals surface area contributed by atoms with Crippen LogP contribution in [0.1, 0.15) is 16.1 Å². The van der Waals surface area contributed by atoms with E-state index in [0.29, 0.717) is 22.2 Å². The molecular formula is C19H18N2O6S2. The number of aromatic nitrogens is 1. The summed E-state index contributed by atoms with van der Waals surface area (Å²) in [7, 11) is -0.701. The zero-order valence-corrected chi connectivity index (χ0v) is 17.2. The Labute approximate surface area is 171 Å². The number of hydrogen-bond acceptors (Lipinski definition) is 8. The number of nitrogens with zero attached hydrogens (tertiary/aromatic N) is 1. The molecule has 29 heavy (non-hydrogen) atoms. The number of hydrogen-bond donors (Lipinski definition) is 1. The van der Waals surface area contributed by atoms with Crippen molar-refractivity contribution in [3.05, 3.63) is 59.1 Å². The van der Waals surface area contributed by atoms with Crippen LogP contribution in [0.15, 0.2) is 52.7 Å². The molecule has 0 amide bonds. The van der Waals surface area contributed by atoms with Crippen LogP contribution in [0.25, 0.3) is 10.6 Å². The molecule has 152 valence electrons. The molecular weight excluding hydrogens is 416 g/mol. The molecule has 8 nitrogen and oxygen atoms in total. The van der Waals surface area contributed by atoms with Crippen molar-refractivity contribution in [1.29, 1.82) is 0 Å². The molecule has 0 unspecified atom stereocenters. The van der Waals surface area contributed by atoms with E-state index < -0.39 is 16.0 Å². The Morgan fingerprint density at radius 1 is 1.10 bits per heavy atom. The van der Waals surface area contributed by atoms with Crippen LogP contribution >= 0.6 is 11.3 Å². The molecule has 3 aromatic rings. The van der Waals surface area contributed by atoms with Crippen LogP contribution in [-0.4, -0.2) is 33.6 Å². The lowest BCUT2D eigenvalue weighted by Crippen LogP contribution is -2.12. The van der Waals surface area contributed by atoms with Crippen molar-refractivity contribution in [2.75, 3.05) is 14.2 Å². The quantitative estimate of drug-likeness (QED) is 0.568. The Hall–Kier alpha value is -2.95. The molecule has 0 aliphatic carbocycles. The van der Waals surface area contributed by atoms with Gasteiger partial charge in [-0.05, 0) is 36.4 Å². The molecule has 0 spiro atoms. The van der Waals surface area contributed by atoms with Crippen LogP contribution in [0.5, 0.6) is 11.5 Å². The van der Waals surface area contributed by atoms with Crippen LogP contribution in [0, 0.1) is 0 Å². The molecule has 2 N–H and O–H groups in total. The van der Waals surface area contributed by atoms with Crippen LogP contribution in [0.3, 0.4) is 0 Å². The van der Waals surface area contributed by atoms with E-state index in [4.69, 9.17) is 19.3 Å². The molecule has 0 atom stereocenters. The fourth-order valence-corrected chi connectivity index (χ4v) is 3.90. The first-order valence-corrected chi connectivity index (χ1v) is 10.7. The van der Waals surface area contributed by atoms with Gasteiger partial charge in [0.05, 0.1) is 35.9 Å². The van der Waals surface area contributed by atoms with Gasteiger partial charge in [-0.15, -0.1) is 11.3 Å². The third kappa shape index (κ3) is 4.73. The van der Waals surface area contributed by atoms with E-state index in [2.05, 4.69) is 4.98 Å². The maximum Gasteiger partial charge on any atom is 0.338 e. The second-order valence-electron chi connectivity index (χ2n) is 5.83. The molecule has 0 saturated heterocycles. The highest BCUT2D eigenvalue weighted by Crippen LogP contribution is 2.39. The summed E-state index contributed by atoms with van der Waals surface area (Å²) in [5.41, 5.74) is 1.56. The van der Waals surface area contributed by atoms with E-state index in [1.807, 2.05) is 12.1 Å². The lowest BCUT2D eigenvalue weighted by molar-refractivity contribution is 0.0468. The van der Waals surface area contributed by atoms with Gasteiger partial charge in [-0.2, -0.15) is 0 Å². The standard InChI is InChI=1S/C19H18N2O6S2/c1-25-16-5-3-4-15(17(16)26-2)18-21-13(11-28-18)10-27-19(22)12-6-8-14(9-7-12)29(20,23)24/h3-9,11H,10H2,1-2H3,(H2,20,23,24). The number of carbonyl (C=O) groups is 1. The van der Waals surface area contributed by atoms with Crippen molar-refractivity contribution in [2.45, 2.75) is 11.5 Å². The minimum Gasteiger partial charge on any atom is -0.493 e. The molecule has 0 radical (unpaired) electrons. The monoisotopic (exact) mass is 434 g/mol. The first kappa shape index (κ1) is 20.8. The van der Waals surface area contributed by atoms with Gasteiger partial charge in [-0.25, -0.2) is 23.3 Å². The van der Waals surface area contributed by atoms with Gasteiger partial charge >= 0.3 is 5.97 Å². The Bertz CT molecular complexity index is 1120. The molecule has 0 aliphatic heterocycles. The van der Waals surface area contributed by atoms with Crippen molar-refractivity contribution < 1.29 is 27.4 Å². The topological polar surface area (TPSA) is 118 Å². The van der Waals surface area contributed by atoms with Crippen molar-refractivity contribution in [3.63, 3.8) is 0 Å². The van der Waals surface area contributed by atoms with Crippen molar-refractivity contribution in [1.82, 2.24) is 4.98 Å². The Balaban J connectivity index is 1.71. The predicted molar refractivity (Wildman–Crippen MR) is 108 cm³/mol. The smallest absolute Gasteiger partial charge is 0.338 e. The van der Waals surface area contributed by atoms with Crippen LogP contribution in [0.4, 0.5) is 0 Å². The normalized spacial score (nSPS) is 11.1. The van der Waals surface area contributed by atoms with E-state index in [9.17, 15) is 13.2 Å². The number of ether oxygens (including phenoxy) is 3. The van der Waals surface area contributed by atoms with E-state index in [-0.39, 0.29) is 17.1 Å². The van der Waals surface area contributed by atoms with Gasteiger partial charge in [0.15, 0.2) is 11.5 Å². The summed E-state index contributed by atoms with van der Waals surface area (Å²) in [6.45, 7) is -0.0292. The maximum atomic E-state index is 12.2. The fraction of sp³-hybridized carbons (Fsp3) is 0.158. The first-order chi connectivity index (χ1) is 13.8. The molecule has 1 aromatic heterocycles. The molecule has 0 fully saturated rings. The zero-order valence-electron chi connectivity index (χ0n) is 15.6. The molecule has 2 aromatic carbocycles. The highest BCUT2D eigenvalue weighted by molar-refractivity contribution is 7.89. The third-order valence-electron chi connectivity index (χ3n) is 3.95. The highest BCUT2D eigenvalue weighted by Gasteiger charge is 2.16. The average molecular weight is 434 g/mol. The summed E-state index contributed by atoms with van der Waals surface area (Å²) < 4.78 is 38.5. The average Bonchev–Trinajstić information content (AvgIpc) is 3.19. The number of methoxy groups -OCH3 is 2. The number of thiazole rings is 1. The SMILES string of the molecule is COc1cccc(-c2nc(COC(=O)c3ccc(S(N)(=O)=O)cc3)cs2)c1OC. The van der Waals surface area contributed by atoms with Gasteiger partial charge in [-0.3, -0.25) is 0 Å². The summed E-state index contributed by atoms with van der Waals surface area (Å²) in [5.74, 6) is 0.568. The van der Waals surface area contributed by atoms with Crippen LogP contribution in [0.2, 0.25) is 0 Å². The number of para-hydroxylation sites is 1. The van der Waals surface area contributed by atoms with Crippen molar-refractivity contribution in [3.8, 4) is 22.1 Å². The number of nitrogens with two attached hydrogens (primary N) is 1. The largest absolute Gasteiger partial charge is 0.493 e. The molecule has 10 heteroatoms. The van der Waals surface area contributed by atoms with Gasteiger partial charge < -0.3 is 14.2 Å². The second kappa shape index (κ2) is 8.60. The highest BCUT2D eigenvalue weighted by atomic mass is 32.2. The number of carbonyl (C=O) groups excluding carboxylic acids is 1. The second-order valence-corrected chi connectivity index (χ2v) is 8.25. The Kier molecular flexibility index (Phi) is 6.16. The van der Waals surface area contributed by atoms with E-state index in [1.165, 1.54) is 35.6 Å². The molecule has 3 rings (SSSR count). The van der Waals surface area contributed by atoms with Gasteiger partial charge in [0, 0.05) is 5.38 Å². The van der Waals surface area contributed by atoms with Crippen LogP contribution < -0.4 is 14.6 Å². The van der Waals surface area contributed by atoms with Gasteiger partial charge in [0.25, 0.3) is 0 Å². The van der Waals surface area contributed by atoms with E-state index in [1.54, 1.807) is 25.7 Å². The summed E-state index contributed by atoms with van der Waals surface area (Å²) in [6, 6.07) is 10.7. The summed E-state index contributed by atoms with van der Waals surface area (Å²) in [4.78, 5) is 16.6. The summed E-state index contributed by atoms with van der Waals surface area (Å²) >= 11 is 1.38. The minimum atomic E-state index is -3.81. The number of benzene rings is 2. The lowest BCUT2D eigenvalue weighted by Gasteiger charge is -2.10. The van der Waals surface area contributed by atoms with Crippen molar-refractivity contribution >= 4 is 27.3 Å². The number of rotatable bonds is 7. The zero-order chi connectivity index (χ0) is 21.0. The molecule has 0 bridgehead atoms. The number of esters is 1. The molecule has 0 saturated carbocycles. The van der Waals surface area contributed by atoms with Crippen LogP contribution in [-0.2, 0) is 21.4 Å². The minimum absolute atomic E-state index is 0.0292. The van der Waals surface area contributed by atoms with E-state index in [0.717, 1.165) is 5.56 Å². The van der Waals surface area contributed by atoms with Gasteiger partial charge in [-0.1, -0.05) is 6.07 Å². The Morgan fingerprint density at radius 3 is 2.45 bits per heavy atom. The molecule has 0 aliphatic rings. The lowest BCUT2D eigenvalue weighted by atomic mass is 10.2. The summed E-state index contributed by atoms with van der Waals surface area (Å²) in [6.07, 6.45) is 0. The fourth-order valence-electron chi connectivity index (χ4n) is 2.56. The number of primary sulfonamides is 1. The van der Waals surface area contributed by atoms with Crippen molar-refractivity contribution in [2.24, 2.45) is 5.14 Å². The maximum absolute atomic E-state index is 12.2. The van der Waals surface area contributed by atoms with Gasteiger partial charge in [0.2, 0.25) is 10.0 Å². The van der Waals surface area contributed by atoms with Gasteiger partial charge in [0.1, 0.15) is 11.6 Å². The predicted octanol–water partition coefficient (Wildman–Crippen LogP) is 2.83. The van der Waals surface area contributed by atoms with E-state index >= 15 is 0 Å². The summed E-state index contributed by atoms with van der Waals surface area (Å²) in [5, 5.41) is 7.52. The number of sulfonamides is 1.